The summed E-state index contributed by atoms with van der Waals surface area (Å²) in [6, 6.07) is 0. The Balaban J connectivity index is 1.86. The zero-order chi connectivity index (χ0) is 20.4. The van der Waals surface area contributed by atoms with Gasteiger partial charge in [0, 0.05) is 0 Å². The van der Waals surface area contributed by atoms with Crippen molar-refractivity contribution in [2.75, 3.05) is 0 Å². The minimum absolute atomic E-state index is 0.248. The Bertz CT molecular complexity index is 569. The highest BCUT2D eigenvalue weighted by Crippen LogP contribution is 2.55. The molecule has 6 atom stereocenters. The van der Waals surface area contributed by atoms with Crippen LogP contribution in [0.2, 0.25) is 36.3 Å². The van der Waals surface area contributed by atoms with Crippen molar-refractivity contribution < 1.29 is 8.85 Å². The van der Waals surface area contributed by atoms with Gasteiger partial charge >= 0.3 is 0 Å². The molecule has 0 N–H and O–H groups in total. The third-order valence-electron chi connectivity index (χ3n) is 8.31. The highest BCUT2D eigenvalue weighted by molar-refractivity contribution is 6.74. The molecule has 2 bridgehead atoms. The van der Waals surface area contributed by atoms with Crippen LogP contribution in [0.1, 0.15) is 48.0 Å². The van der Waals surface area contributed by atoms with E-state index in [-0.39, 0.29) is 22.3 Å². The number of hydrogen-bond acceptors (Lipinski definition) is 2. The molecule has 4 heteroatoms. The third-order valence-corrected chi connectivity index (χ3v) is 17.3. The second-order valence-electron chi connectivity index (χ2n) is 12.2. The molecule has 3 rings (SSSR count). The van der Waals surface area contributed by atoms with Crippen LogP contribution in [0.5, 0.6) is 0 Å². The van der Waals surface area contributed by atoms with E-state index in [0.29, 0.717) is 23.7 Å². The molecule has 154 valence electrons. The van der Waals surface area contributed by atoms with Crippen LogP contribution in [0.15, 0.2) is 24.3 Å². The largest absolute Gasteiger partial charge is 0.410 e. The maximum Gasteiger partial charge on any atom is 0.192 e. The Morgan fingerprint density at radius 2 is 0.963 bits per heavy atom. The zero-order valence-corrected chi connectivity index (χ0v) is 21.3. The molecule has 1 saturated carbocycles. The first kappa shape index (κ1) is 21.5. The molecule has 0 aromatic rings. The normalized spacial score (nSPS) is 36.4. The van der Waals surface area contributed by atoms with Crippen LogP contribution >= 0.6 is 0 Å². The summed E-state index contributed by atoms with van der Waals surface area (Å²) in [6.07, 6.45) is 11.5. The van der Waals surface area contributed by atoms with Gasteiger partial charge in [0.2, 0.25) is 0 Å². The molecular formula is C23H42O2Si2. The molecule has 3 aliphatic rings. The first-order valence-corrected chi connectivity index (χ1v) is 16.7. The second kappa shape index (κ2) is 6.68. The predicted octanol–water partition coefficient (Wildman–Crippen LogP) is 6.78. The molecule has 2 nitrogen and oxygen atoms in total. The van der Waals surface area contributed by atoms with E-state index in [2.05, 4.69) is 92.0 Å². The quantitative estimate of drug-likeness (QED) is 0.378. The molecule has 3 aliphatic carbocycles. The molecule has 0 heterocycles. The summed E-state index contributed by atoms with van der Waals surface area (Å²) in [4.78, 5) is 0. The Labute approximate surface area is 170 Å². The molecule has 1 fully saturated rings. The van der Waals surface area contributed by atoms with Crippen molar-refractivity contribution in [1.29, 1.82) is 0 Å². The Morgan fingerprint density at radius 3 is 1.26 bits per heavy atom. The maximum atomic E-state index is 6.93. The van der Waals surface area contributed by atoms with Crippen LogP contribution in [-0.4, -0.2) is 28.8 Å². The van der Waals surface area contributed by atoms with E-state index >= 15 is 0 Å². The zero-order valence-electron chi connectivity index (χ0n) is 19.3. The summed E-state index contributed by atoms with van der Waals surface area (Å²) in [6.45, 7) is 23.6. The van der Waals surface area contributed by atoms with Gasteiger partial charge in [0.1, 0.15) is 0 Å². The van der Waals surface area contributed by atoms with E-state index in [1.54, 1.807) is 0 Å². The van der Waals surface area contributed by atoms with Gasteiger partial charge in [-0.15, -0.1) is 0 Å². The topological polar surface area (TPSA) is 18.5 Å². The summed E-state index contributed by atoms with van der Waals surface area (Å²) >= 11 is 0. The van der Waals surface area contributed by atoms with Crippen molar-refractivity contribution in [1.82, 2.24) is 0 Å². The molecular weight excluding hydrogens is 364 g/mol. The first-order valence-electron chi connectivity index (χ1n) is 10.9. The molecule has 0 aromatic heterocycles. The summed E-state index contributed by atoms with van der Waals surface area (Å²) in [5, 5.41) is 0.497. The molecule has 27 heavy (non-hydrogen) atoms. The van der Waals surface area contributed by atoms with Gasteiger partial charge in [0.15, 0.2) is 16.6 Å². The maximum absolute atomic E-state index is 6.93. The fourth-order valence-electron chi connectivity index (χ4n) is 4.57. The number of allylic oxidation sites excluding steroid dienone is 2. The Hall–Kier alpha value is -0.166. The van der Waals surface area contributed by atoms with Crippen LogP contribution in [0, 0.1) is 23.7 Å². The van der Waals surface area contributed by atoms with Crippen LogP contribution in [0.3, 0.4) is 0 Å². The smallest absolute Gasteiger partial charge is 0.192 e. The Morgan fingerprint density at radius 1 is 0.630 bits per heavy atom. The highest BCUT2D eigenvalue weighted by atomic mass is 28.4. The number of hydrogen-bond donors (Lipinski definition) is 0. The minimum Gasteiger partial charge on any atom is -0.410 e. The number of rotatable bonds is 4. The lowest BCUT2D eigenvalue weighted by Gasteiger charge is -2.48. The second-order valence-corrected chi connectivity index (χ2v) is 21.7. The van der Waals surface area contributed by atoms with Gasteiger partial charge < -0.3 is 8.85 Å². The Kier molecular flexibility index (Phi) is 5.33. The fourth-order valence-corrected chi connectivity index (χ4v) is 7.11. The van der Waals surface area contributed by atoms with E-state index in [4.69, 9.17) is 8.85 Å². The van der Waals surface area contributed by atoms with Crippen LogP contribution in [0.25, 0.3) is 0 Å². The average molecular weight is 407 g/mol. The van der Waals surface area contributed by atoms with Gasteiger partial charge in [-0.25, -0.2) is 0 Å². The van der Waals surface area contributed by atoms with Gasteiger partial charge in [-0.1, -0.05) is 65.8 Å². The molecule has 0 unspecified atom stereocenters. The lowest BCUT2D eigenvalue weighted by Crippen LogP contribution is -2.52. The lowest BCUT2D eigenvalue weighted by atomic mass is 9.73. The van der Waals surface area contributed by atoms with E-state index in [1.165, 1.54) is 6.42 Å². The van der Waals surface area contributed by atoms with Crippen molar-refractivity contribution in [3.05, 3.63) is 24.3 Å². The van der Waals surface area contributed by atoms with Gasteiger partial charge in [-0.3, -0.25) is 0 Å². The molecule has 0 spiro atoms. The van der Waals surface area contributed by atoms with Gasteiger partial charge in [-0.05, 0) is 66.4 Å². The monoisotopic (exact) mass is 406 g/mol. The summed E-state index contributed by atoms with van der Waals surface area (Å²) in [7, 11) is -3.57. The molecule has 0 aliphatic heterocycles. The van der Waals surface area contributed by atoms with E-state index < -0.39 is 16.6 Å². The highest BCUT2D eigenvalue weighted by Gasteiger charge is 2.55. The molecule has 0 aromatic carbocycles. The summed E-state index contributed by atoms with van der Waals surface area (Å²) in [5.74, 6) is 2.53. The number of fused-ring (bicyclic) bond motifs is 5. The predicted molar refractivity (Wildman–Crippen MR) is 121 cm³/mol. The van der Waals surface area contributed by atoms with E-state index in [9.17, 15) is 0 Å². The van der Waals surface area contributed by atoms with Gasteiger partial charge in [0.05, 0.1) is 12.2 Å². The van der Waals surface area contributed by atoms with Crippen LogP contribution in [-0.2, 0) is 8.85 Å². The summed E-state index contributed by atoms with van der Waals surface area (Å²) < 4.78 is 13.9. The standard InChI is InChI=1S/C23H42O2Si2/c1-22(2,3)26(7,8)24-18-13-14-19(25-27(9,10)23(4,5)6)21-17-12-11-16(15-17)20(18)21/h11-14,16-21H,15H2,1-10H3/t16-,17+,18+,19-,20+,21-. The molecule has 0 radical (unpaired) electrons. The molecule has 0 amide bonds. The summed E-state index contributed by atoms with van der Waals surface area (Å²) in [5.41, 5.74) is 0. The average Bonchev–Trinajstić information content (AvgIpc) is 3.08. The van der Waals surface area contributed by atoms with Crippen molar-refractivity contribution >= 4 is 16.6 Å². The van der Waals surface area contributed by atoms with E-state index in [1.807, 2.05) is 0 Å². The SMILES string of the molecule is CC(C)(C)[Si](C)(C)O[C@H]1C=C[C@@H](O[Si](C)(C)C(C)(C)C)[C@@H]2[C@H]1[C@@H]1C=C[C@H]2C1. The van der Waals surface area contributed by atoms with Gasteiger partial charge in [-0.2, -0.15) is 0 Å². The third kappa shape index (κ3) is 3.84. The van der Waals surface area contributed by atoms with Crippen molar-refractivity contribution in [2.45, 2.75) is 96.4 Å². The van der Waals surface area contributed by atoms with Gasteiger partial charge in [0.25, 0.3) is 0 Å². The van der Waals surface area contributed by atoms with Crippen LogP contribution < -0.4 is 0 Å². The van der Waals surface area contributed by atoms with E-state index in [0.717, 1.165) is 0 Å². The van der Waals surface area contributed by atoms with Crippen molar-refractivity contribution in [2.24, 2.45) is 23.7 Å². The fraction of sp³-hybridized carbons (Fsp3) is 0.826. The van der Waals surface area contributed by atoms with Crippen LogP contribution in [0.4, 0.5) is 0 Å². The first-order chi connectivity index (χ1) is 12.1. The molecule has 0 saturated heterocycles. The minimum atomic E-state index is -1.79. The van der Waals surface area contributed by atoms with Crippen molar-refractivity contribution in [3.8, 4) is 0 Å². The lowest BCUT2D eigenvalue weighted by molar-refractivity contribution is 0.0378. The van der Waals surface area contributed by atoms with Crippen molar-refractivity contribution in [3.63, 3.8) is 0 Å².